The zero-order valence-corrected chi connectivity index (χ0v) is 11.4. The minimum atomic E-state index is -0.340. The monoisotopic (exact) mass is 288 g/mol. The van der Waals surface area contributed by atoms with Crippen LogP contribution in [0.4, 0.5) is 4.39 Å². The van der Waals surface area contributed by atoms with E-state index in [4.69, 9.17) is 16.3 Å². The van der Waals surface area contributed by atoms with Gasteiger partial charge in [-0.2, -0.15) is 0 Å². The summed E-state index contributed by atoms with van der Waals surface area (Å²) in [7, 11) is 1.58. The topological polar surface area (TPSA) is 35.0 Å². The van der Waals surface area contributed by atoms with Crippen LogP contribution in [0, 0.1) is 5.82 Å². The molecule has 100 valence electrons. The van der Waals surface area contributed by atoms with E-state index in [0.717, 1.165) is 5.39 Å². The molecule has 2 aromatic carbocycles. The third kappa shape index (κ3) is 2.30. The molecule has 0 amide bonds. The van der Waals surface area contributed by atoms with E-state index < -0.39 is 0 Å². The Labute approximate surface area is 120 Å². The molecule has 1 aromatic heterocycles. The molecule has 0 saturated carbocycles. The van der Waals surface area contributed by atoms with Crippen molar-refractivity contribution >= 4 is 22.5 Å². The molecule has 5 heteroatoms. The molecule has 0 aliphatic rings. The van der Waals surface area contributed by atoms with Gasteiger partial charge in [0.2, 0.25) is 0 Å². The van der Waals surface area contributed by atoms with Crippen LogP contribution in [0.25, 0.3) is 22.3 Å². The summed E-state index contributed by atoms with van der Waals surface area (Å²) in [5.41, 5.74) is 1.24. The Morgan fingerprint density at radius 2 is 1.95 bits per heavy atom. The van der Waals surface area contributed by atoms with Crippen LogP contribution >= 0.6 is 11.6 Å². The van der Waals surface area contributed by atoms with Crippen molar-refractivity contribution in [2.45, 2.75) is 0 Å². The second kappa shape index (κ2) is 5.06. The van der Waals surface area contributed by atoms with Gasteiger partial charge in [0.25, 0.3) is 0 Å². The average Bonchev–Trinajstić information content (AvgIpc) is 2.46. The van der Waals surface area contributed by atoms with Crippen molar-refractivity contribution in [2.24, 2.45) is 0 Å². The third-order valence-corrected chi connectivity index (χ3v) is 3.23. The Bertz CT molecular complexity index is 792. The second-order valence-electron chi connectivity index (χ2n) is 4.23. The van der Waals surface area contributed by atoms with Crippen molar-refractivity contribution in [1.29, 1.82) is 0 Å². The van der Waals surface area contributed by atoms with Crippen molar-refractivity contribution in [2.75, 3.05) is 7.11 Å². The predicted molar refractivity (Wildman–Crippen MR) is 76.5 cm³/mol. The summed E-state index contributed by atoms with van der Waals surface area (Å²) in [6.07, 6.45) is 0. The van der Waals surface area contributed by atoms with Gasteiger partial charge in [-0.25, -0.2) is 14.4 Å². The lowest BCUT2D eigenvalue weighted by Crippen LogP contribution is -1.93. The second-order valence-corrected chi connectivity index (χ2v) is 4.59. The normalized spacial score (nSPS) is 10.8. The van der Waals surface area contributed by atoms with Crippen LogP contribution in [0.1, 0.15) is 0 Å². The van der Waals surface area contributed by atoms with Crippen molar-refractivity contribution in [3.8, 4) is 17.1 Å². The molecule has 3 aromatic rings. The quantitative estimate of drug-likeness (QED) is 0.666. The lowest BCUT2D eigenvalue weighted by molar-refractivity contribution is 0.415. The smallest absolute Gasteiger partial charge is 0.161 e. The minimum Gasteiger partial charge on any atom is -0.497 e. The maximum Gasteiger partial charge on any atom is 0.161 e. The zero-order valence-electron chi connectivity index (χ0n) is 10.6. The summed E-state index contributed by atoms with van der Waals surface area (Å²) < 4.78 is 18.4. The number of hydrogen-bond acceptors (Lipinski definition) is 3. The van der Waals surface area contributed by atoms with Crippen LogP contribution in [-0.4, -0.2) is 17.1 Å². The van der Waals surface area contributed by atoms with Gasteiger partial charge in [-0.05, 0) is 24.3 Å². The third-order valence-electron chi connectivity index (χ3n) is 2.94. The molecule has 0 saturated heterocycles. The van der Waals surface area contributed by atoms with E-state index in [1.165, 1.54) is 12.1 Å². The number of rotatable bonds is 2. The molecule has 3 nitrogen and oxygen atoms in total. The molecule has 0 fully saturated rings. The molecule has 0 atom stereocenters. The van der Waals surface area contributed by atoms with Gasteiger partial charge in [-0.1, -0.05) is 23.7 Å². The highest BCUT2D eigenvalue weighted by Crippen LogP contribution is 2.27. The summed E-state index contributed by atoms with van der Waals surface area (Å²) in [5, 5.41) is 1.06. The van der Waals surface area contributed by atoms with E-state index >= 15 is 0 Å². The van der Waals surface area contributed by atoms with E-state index in [0.29, 0.717) is 27.8 Å². The molecular formula is C15H10ClFN2O. The van der Waals surface area contributed by atoms with Gasteiger partial charge in [-0.3, -0.25) is 0 Å². The average molecular weight is 289 g/mol. The van der Waals surface area contributed by atoms with Crippen LogP contribution in [0.15, 0.2) is 42.5 Å². The van der Waals surface area contributed by atoms with Gasteiger partial charge in [0.05, 0.1) is 12.6 Å². The molecule has 3 rings (SSSR count). The lowest BCUT2D eigenvalue weighted by atomic mass is 10.2. The van der Waals surface area contributed by atoms with Crippen molar-refractivity contribution in [3.05, 3.63) is 53.4 Å². The fraction of sp³-hybridized carbons (Fsp3) is 0.0667. The van der Waals surface area contributed by atoms with Crippen LogP contribution in [0.3, 0.4) is 0 Å². The van der Waals surface area contributed by atoms with E-state index in [1.54, 1.807) is 37.4 Å². The number of hydrogen-bond donors (Lipinski definition) is 0. The number of benzene rings is 2. The number of nitrogens with zero attached hydrogens (tertiary/aromatic N) is 2. The standard InChI is InChI=1S/C15H10ClFN2O/c1-20-11-5-6-12-13(8-11)18-15(19-14(12)16)9-3-2-4-10(17)7-9/h2-8H,1H3. The maximum atomic E-state index is 13.3. The van der Waals surface area contributed by atoms with Crippen LogP contribution in [0.5, 0.6) is 5.75 Å². The van der Waals surface area contributed by atoms with E-state index in [2.05, 4.69) is 9.97 Å². The van der Waals surface area contributed by atoms with Gasteiger partial charge in [0.1, 0.15) is 16.7 Å². The van der Waals surface area contributed by atoms with E-state index in [-0.39, 0.29) is 5.82 Å². The van der Waals surface area contributed by atoms with Crippen molar-refractivity contribution in [3.63, 3.8) is 0 Å². The molecule has 1 heterocycles. The summed E-state index contributed by atoms with van der Waals surface area (Å²) in [6.45, 7) is 0. The van der Waals surface area contributed by atoms with Gasteiger partial charge < -0.3 is 4.74 Å². The van der Waals surface area contributed by atoms with Gasteiger partial charge in [0, 0.05) is 17.0 Å². The Morgan fingerprint density at radius 3 is 2.70 bits per heavy atom. The first kappa shape index (κ1) is 12.8. The van der Waals surface area contributed by atoms with E-state index in [1.807, 2.05) is 0 Å². The van der Waals surface area contributed by atoms with Crippen LogP contribution < -0.4 is 4.74 Å². The number of halogens is 2. The SMILES string of the molecule is COc1ccc2c(Cl)nc(-c3cccc(F)c3)nc2c1. The molecule has 0 bridgehead atoms. The fourth-order valence-corrected chi connectivity index (χ4v) is 2.19. The highest BCUT2D eigenvalue weighted by Gasteiger charge is 2.09. The molecular weight excluding hydrogens is 279 g/mol. The number of aromatic nitrogens is 2. The van der Waals surface area contributed by atoms with Crippen LogP contribution in [-0.2, 0) is 0 Å². The summed E-state index contributed by atoms with van der Waals surface area (Å²) in [6, 6.07) is 11.4. The Kier molecular flexibility index (Phi) is 3.24. The van der Waals surface area contributed by atoms with Gasteiger partial charge in [-0.15, -0.1) is 0 Å². The fourth-order valence-electron chi connectivity index (χ4n) is 1.95. The molecule has 0 unspecified atom stereocenters. The Hall–Kier alpha value is -2.20. The van der Waals surface area contributed by atoms with E-state index in [9.17, 15) is 4.39 Å². The highest BCUT2D eigenvalue weighted by molar-refractivity contribution is 6.34. The number of fused-ring (bicyclic) bond motifs is 1. The lowest BCUT2D eigenvalue weighted by Gasteiger charge is -2.06. The number of ether oxygens (including phenoxy) is 1. The molecule has 0 spiro atoms. The predicted octanol–water partition coefficient (Wildman–Crippen LogP) is 4.10. The Morgan fingerprint density at radius 1 is 1.10 bits per heavy atom. The molecule has 0 radical (unpaired) electrons. The first-order valence-electron chi connectivity index (χ1n) is 5.94. The van der Waals surface area contributed by atoms with Gasteiger partial charge in [0.15, 0.2) is 5.82 Å². The summed E-state index contributed by atoms with van der Waals surface area (Å²) in [5.74, 6) is 0.723. The molecule has 20 heavy (non-hydrogen) atoms. The zero-order chi connectivity index (χ0) is 14.1. The van der Waals surface area contributed by atoms with Crippen molar-refractivity contribution in [1.82, 2.24) is 9.97 Å². The first-order chi connectivity index (χ1) is 9.67. The van der Waals surface area contributed by atoms with Crippen molar-refractivity contribution < 1.29 is 9.13 Å². The maximum absolute atomic E-state index is 13.3. The van der Waals surface area contributed by atoms with Crippen LogP contribution in [0.2, 0.25) is 5.15 Å². The molecule has 0 aliphatic heterocycles. The summed E-state index contributed by atoms with van der Waals surface area (Å²) >= 11 is 6.16. The minimum absolute atomic E-state index is 0.330. The number of methoxy groups -OCH3 is 1. The molecule has 0 aliphatic carbocycles. The highest BCUT2D eigenvalue weighted by atomic mass is 35.5. The Balaban J connectivity index is 2.22. The van der Waals surface area contributed by atoms with Gasteiger partial charge >= 0.3 is 0 Å². The first-order valence-corrected chi connectivity index (χ1v) is 6.32. The summed E-state index contributed by atoms with van der Waals surface area (Å²) in [4.78, 5) is 8.63. The largest absolute Gasteiger partial charge is 0.497 e. The molecule has 0 N–H and O–H groups in total.